The SMILES string of the molecule is COC(C)c1ccc(-c2cnn3cc(-c4ccncc4)cnc23)cc1. The van der Waals surface area contributed by atoms with Crippen molar-refractivity contribution in [1.82, 2.24) is 19.6 Å². The lowest BCUT2D eigenvalue weighted by Crippen LogP contribution is -1.95. The van der Waals surface area contributed by atoms with Gasteiger partial charge >= 0.3 is 0 Å². The zero-order valence-electron chi connectivity index (χ0n) is 14.1. The van der Waals surface area contributed by atoms with E-state index in [4.69, 9.17) is 4.74 Å². The van der Waals surface area contributed by atoms with E-state index in [2.05, 4.69) is 39.3 Å². The van der Waals surface area contributed by atoms with E-state index in [1.54, 1.807) is 19.5 Å². The van der Waals surface area contributed by atoms with Gasteiger partial charge in [0.1, 0.15) is 0 Å². The largest absolute Gasteiger partial charge is 0.377 e. The molecule has 0 amide bonds. The number of nitrogens with zero attached hydrogens (tertiary/aromatic N) is 4. The summed E-state index contributed by atoms with van der Waals surface area (Å²) in [6.07, 6.45) is 9.35. The molecule has 0 N–H and O–H groups in total. The summed E-state index contributed by atoms with van der Waals surface area (Å²) in [4.78, 5) is 8.67. The van der Waals surface area contributed by atoms with Crippen molar-refractivity contribution in [1.29, 1.82) is 0 Å². The van der Waals surface area contributed by atoms with Gasteiger partial charge in [-0.1, -0.05) is 24.3 Å². The highest BCUT2D eigenvalue weighted by atomic mass is 16.5. The first-order valence-electron chi connectivity index (χ1n) is 8.13. The number of hydrogen-bond donors (Lipinski definition) is 0. The molecule has 4 rings (SSSR count). The van der Waals surface area contributed by atoms with E-state index in [1.165, 1.54) is 0 Å². The maximum atomic E-state index is 5.36. The lowest BCUT2D eigenvalue weighted by Gasteiger charge is -2.10. The van der Waals surface area contributed by atoms with Crippen LogP contribution in [0.15, 0.2) is 67.4 Å². The van der Waals surface area contributed by atoms with Gasteiger partial charge < -0.3 is 4.74 Å². The van der Waals surface area contributed by atoms with Crippen molar-refractivity contribution < 1.29 is 4.74 Å². The van der Waals surface area contributed by atoms with Crippen molar-refractivity contribution in [2.24, 2.45) is 0 Å². The predicted octanol–water partition coefficient (Wildman–Crippen LogP) is 4.17. The highest BCUT2D eigenvalue weighted by Gasteiger charge is 2.10. The van der Waals surface area contributed by atoms with E-state index < -0.39 is 0 Å². The Morgan fingerprint density at radius 3 is 2.40 bits per heavy atom. The minimum absolute atomic E-state index is 0.0824. The standard InChI is InChI=1S/C20H18N4O/c1-14(25-2)15-3-5-17(6-4-15)19-12-23-24-13-18(11-22-20(19)24)16-7-9-21-10-8-16/h3-14H,1-2H3. The van der Waals surface area contributed by atoms with Crippen molar-refractivity contribution in [2.75, 3.05) is 7.11 Å². The lowest BCUT2D eigenvalue weighted by atomic mass is 10.0. The molecule has 0 aliphatic rings. The van der Waals surface area contributed by atoms with Gasteiger partial charge in [-0.3, -0.25) is 4.98 Å². The molecular formula is C20H18N4O. The van der Waals surface area contributed by atoms with Crippen LogP contribution in [0.2, 0.25) is 0 Å². The molecule has 0 saturated carbocycles. The molecule has 0 saturated heterocycles. The molecule has 1 unspecified atom stereocenters. The fourth-order valence-corrected chi connectivity index (χ4v) is 2.84. The first-order chi connectivity index (χ1) is 12.3. The molecule has 5 nitrogen and oxygen atoms in total. The van der Waals surface area contributed by atoms with Crippen LogP contribution < -0.4 is 0 Å². The van der Waals surface area contributed by atoms with E-state index in [0.29, 0.717) is 0 Å². The molecule has 1 atom stereocenters. The Morgan fingerprint density at radius 1 is 0.920 bits per heavy atom. The molecule has 0 aliphatic carbocycles. The maximum absolute atomic E-state index is 5.36. The minimum Gasteiger partial charge on any atom is -0.377 e. The molecule has 4 aromatic rings. The number of hydrogen-bond acceptors (Lipinski definition) is 4. The molecule has 3 aromatic heterocycles. The van der Waals surface area contributed by atoms with Gasteiger partial charge in [-0.2, -0.15) is 5.10 Å². The smallest absolute Gasteiger partial charge is 0.162 e. The van der Waals surface area contributed by atoms with Crippen LogP contribution in [0.1, 0.15) is 18.6 Å². The average molecular weight is 330 g/mol. The summed E-state index contributed by atoms with van der Waals surface area (Å²) in [6.45, 7) is 2.03. The molecule has 1 aromatic carbocycles. The normalized spacial score (nSPS) is 12.4. The Morgan fingerprint density at radius 2 is 1.68 bits per heavy atom. The molecule has 3 heterocycles. The Hall–Kier alpha value is -3.05. The Bertz CT molecular complexity index is 993. The summed E-state index contributed by atoms with van der Waals surface area (Å²) in [7, 11) is 1.72. The third-order valence-electron chi connectivity index (χ3n) is 4.41. The summed E-state index contributed by atoms with van der Waals surface area (Å²) in [5, 5.41) is 4.47. The lowest BCUT2D eigenvalue weighted by molar-refractivity contribution is 0.119. The summed E-state index contributed by atoms with van der Waals surface area (Å²) in [6, 6.07) is 12.3. The van der Waals surface area contributed by atoms with Crippen LogP contribution in [0, 0.1) is 0 Å². The Balaban J connectivity index is 1.72. The first-order valence-corrected chi connectivity index (χ1v) is 8.13. The third-order valence-corrected chi connectivity index (χ3v) is 4.41. The van der Waals surface area contributed by atoms with E-state index in [0.717, 1.165) is 33.5 Å². The second-order valence-corrected chi connectivity index (χ2v) is 5.90. The highest BCUT2D eigenvalue weighted by Crippen LogP contribution is 2.27. The van der Waals surface area contributed by atoms with E-state index in [9.17, 15) is 0 Å². The van der Waals surface area contributed by atoms with Crippen molar-refractivity contribution in [3.05, 3.63) is 72.9 Å². The number of methoxy groups -OCH3 is 1. The summed E-state index contributed by atoms with van der Waals surface area (Å²) in [5.41, 5.74) is 6.17. The van der Waals surface area contributed by atoms with Gasteiger partial charge in [-0.05, 0) is 35.7 Å². The first kappa shape index (κ1) is 15.5. The zero-order valence-corrected chi connectivity index (χ0v) is 14.1. The molecule has 124 valence electrons. The number of rotatable bonds is 4. The highest BCUT2D eigenvalue weighted by molar-refractivity contribution is 5.77. The molecule has 0 bridgehead atoms. The number of ether oxygens (including phenoxy) is 1. The van der Waals surface area contributed by atoms with Gasteiger partial charge in [-0.25, -0.2) is 9.50 Å². The summed E-state index contributed by atoms with van der Waals surface area (Å²) in [5.74, 6) is 0. The van der Waals surface area contributed by atoms with E-state index in [1.807, 2.05) is 42.2 Å². The minimum atomic E-state index is 0.0824. The monoisotopic (exact) mass is 330 g/mol. The topological polar surface area (TPSA) is 52.3 Å². The molecule has 0 radical (unpaired) electrons. The second kappa shape index (κ2) is 6.45. The predicted molar refractivity (Wildman–Crippen MR) is 97.1 cm³/mol. The van der Waals surface area contributed by atoms with Crippen molar-refractivity contribution in [2.45, 2.75) is 13.0 Å². The number of aromatic nitrogens is 4. The van der Waals surface area contributed by atoms with Crippen LogP contribution in [0.5, 0.6) is 0 Å². The number of pyridine rings is 1. The fourth-order valence-electron chi connectivity index (χ4n) is 2.84. The van der Waals surface area contributed by atoms with Crippen LogP contribution in [0.25, 0.3) is 27.9 Å². The summed E-state index contributed by atoms with van der Waals surface area (Å²) < 4.78 is 7.18. The van der Waals surface area contributed by atoms with Gasteiger partial charge in [0.05, 0.1) is 12.3 Å². The molecule has 0 fully saturated rings. The Labute approximate surface area is 145 Å². The van der Waals surface area contributed by atoms with Gasteiger partial charge in [-0.15, -0.1) is 0 Å². The number of fused-ring (bicyclic) bond motifs is 1. The average Bonchev–Trinajstić information content (AvgIpc) is 3.11. The second-order valence-electron chi connectivity index (χ2n) is 5.90. The van der Waals surface area contributed by atoms with Gasteiger partial charge in [0.15, 0.2) is 5.65 Å². The van der Waals surface area contributed by atoms with Crippen molar-refractivity contribution in [3.63, 3.8) is 0 Å². The molecular weight excluding hydrogens is 312 g/mol. The van der Waals surface area contributed by atoms with Crippen molar-refractivity contribution in [3.8, 4) is 22.3 Å². The summed E-state index contributed by atoms with van der Waals surface area (Å²) >= 11 is 0. The van der Waals surface area contributed by atoms with Gasteiger partial charge in [0, 0.05) is 43.0 Å². The van der Waals surface area contributed by atoms with E-state index in [-0.39, 0.29) is 6.10 Å². The van der Waals surface area contributed by atoms with Gasteiger partial charge in [0.25, 0.3) is 0 Å². The molecule has 0 spiro atoms. The molecule has 25 heavy (non-hydrogen) atoms. The van der Waals surface area contributed by atoms with Crippen molar-refractivity contribution >= 4 is 5.65 Å². The zero-order chi connectivity index (χ0) is 17.2. The number of benzene rings is 1. The third kappa shape index (κ3) is 2.90. The Kier molecular flexibility index (Phi) is 3.99. The fraction of sp³-hybridized carbons (Fsp3) is 0.150. The van der Waals surface area contributed by atoms with Crippen LogP contribution in [0.3, 0.4) is 0 Å². The van der Waals surface area contributed by atoms with Crippen LogP contribution in [0.4, 0.5) is 0 Å². The van der Waals surface area contributed by atoms with Gasteiger partial charge in [0.2, 0.25) is 0 Å². The molecule has 5 heteroatoms. The van der Waals surface area contributed by atoms with Crippen LogP contribution in [-0.4, -0.2) is 26.7 Å². The van der Waals surface area contributed by atoms with Crippen LogP contribution >= 0.6 is 0 Å². The quantitative estimate of drug-likeness (QED) is 0.564. The molecule has 0 aliphatic heterocycles. The maximum Gasteiger partial charge on any atom is 0.162 e. The van der Waals surface area contributed by atoms with Crippen LogP contribution in [-0.2, 0) is 4.74 Å². The van der Waals surface area contributed by atoms with E-state index >= 15 is 0 Å².